The number of rotatable bonds is 6. The van der Waals surface area contributed by atoms with Crippen molar-refractivity contribution in [3.05, 3.63) is 210 Å². The topological polar surface area (TPSA) is 3.24 Å². The van der Waals surface area contributed by atoms with E-state index in [1.54, 1.807) is 0 Å². The van der Waals surface area contributed by atoms with Gasteiger partial charge >= 0.3 is 0 Å². The predicted octanol–water partition coefficient (Wildman–Crippen LogP) is 14.8. The number of benzene rings is 8. The summed E-state index contributed by atoms with van der Waals surface area (Å²) in [5.74, 6) is 0. The molecule has 0 N–H and O–H groups in total. The first kappa shape index (κ1) is 33.2. The molecule has 0 radical (unpaired) electrons. The van der Waals surface area contributed by atoms with Crippen LogP contribution in [-0.2, 0) is 10.8 Å². The first-order chi connectivity index (χ1) is 26.8. The van der Waals surface area contributed by atoms with Crippen molar-refractivity contribution in [2.24, 2.45) is 0 Å². The summed E-state index contributed by atoms with van der Waals surface area (Å²) >= 11 is 0. The quantitative estimate of drug-likeness (QED) is 0.166. The van der Waals surface area contributed by atoms with E-state index in [0.29, 0.717) is 0 Å². The first-order valence-corrected chi connectivity index (χ1v) is 19.4. The molecule has 0 aromatic heterocycles. The Hall–Kier alpha value is -6.44. The SMILES string of the molecule is CC1(C)c2ccccc2-c2ccc(-c3cc(-c4ccccc4)ccc3N(c3ccc(-c4ccccc4)cc3)c3ccc4c(c3)C(C)(C)c3ccccc3-4)cc21. The Bertz CT molecular complexity index is 2740. The van der Waals surface area contributed by atoms with Crippen molar-refractivity contribution < 1.29 is 0 Å². The Kier molecular flexibility index (Phi) is 7.58. The van der Waals surface area contributed by atoms with E-state index in [-0.39, 0.29) is 10.8 Å². The third kappa shape index (κ3) is 5.29. The molecule has 0 saturated carbocycles. The van der Waals surface area contributed by atoms with Crippen LogP contribution in [0.5, 0.6) is 0 Å². The first-order valence-electron chi connectivity index (χ1n) is 19.4. The highest BCUT2D eigenvalue weighted by atomic mass is 15.1. The summed E-state index contributed by atoms with van der Waals surface area (Å²) in [6.45, 7) is 9.47. The lowest BCUT2D eigenvalue weighted by Crippen LogP contribution is -2.17. The fraction of sp³-hybridized carbons (Fsp3) is 0.111. The summed E-state index contributed by atoms with van der Waals surface area (Å²) in [5, 5.41) is 0. The van der Waals surface area contributed by atoms with Crippen molar-refractivity contribution in [1.29, 1.82) is 0 Å². The monoisotopic (exact) mass is 705 g/mol. The molecule has 0 spiro atoms. The van der Waals surface area contributed by atoms with Gasteiger partial charge in [-0.1, -0.05) is 173 Å². The Morgan fingerprint density at radius 2 is 0.727 bits per heavy atom. The lowest BCUT2D eigenvalue weighted by atomic mass is 9.81. The van der Waals surface area contributed by atoms with Crippen molar-refractivity contribution in [3.63, 3.8) is 0 Å². The minimum Gasteiger partial charge on any atom is -0.310 e. The van der Waals surface area contributed by atoms with Gasteiger partial charge in [-0.15, -0.1) is 0 Å². The summed E-state index contributed by atoms with van der Waals surface area (Å²) in [5.41, 5.74) is 21.3. The van der Waals surface area contributed by atoms with Gasteiger partial charge in [0, 0.05) is 27.8 Å². The number of anilines is 3. The molecule has 1 nitrogen and oxygen atoms in total. The molecule has 0 amide bonds. The molecule has 10 rings (SSSR count). The second-order valence-electron chi connectivity index (χ2n) is 16.2. The summed E-state index contributed by atoms with van der Waals surface area (Å²) in [6, 6.07) is 69.6. The minimum absolute atomic E-state index is 0.104. The highest BCUT2D eigenvalue weighted by Gasteiger charge is 2.37. The van der Waals surface area contributed by atoms with Gasteiger partial charge in [-0.2, -0.15) is 0 Å². The molecule has 0 bridgehead atoms. The van der Waals surface area contributed by atoms with Gasteiger partial charge in [0.15, 0.2) is 0 Å². The summed E-state index contributed by atoms with van der Waals surface area (Å²) in [7, 11) is 0. The van der Waals surface area contributed by atoms with Gasteiger partial charge in [-0.05, 0) is 115 Å². The summed E-state index contributed by atoms with van der Waals surface area (Å²) in [4.78, 5) is 2.48. The van der Waals surface area contributed by atoms with E-state index in [1.807, 2.05) is 0 Å². The molecular formula is C54H43N. The number of fused-ring (bicyclic) bond motifs is 6. The number of nitrogens with zero attached hydrogens (tertiary/aromatic N) is 1. The Labute approximate surface area is 325 Å². The lowest BCUT2D eigenvalue weighted by molar-refractivity contribution is 0.660. The van der Waals surface area contributed by atoms with Gasteiger partial charge < -0.3 is 4.90 Å². The van der Waals surface area contributed by atoms with Crippen molar-refractivity contribution in [2.45, 2.75) is 38.5 Å². The van der Waals surface area contributed by atoms with Crippen LogP contribution in [0.25, 0.3) is 55.6 Å². The van der Waals surface area contributed by atoms with Crippen molar-refractivity contribution in [1.82, 2.24) is 0 Å². The second-order valence-corrected chi connectivity index (χ2v) is 16.2. The average molecular weight is 706 g/mol. The maximum atomic E-state index is 2.48. The highest BCUT2D eigenvalue weighted by Crippen LogP contribution is 2.53. The van der Waals surface area contributed by atoms with Crippen LogP contribution in [0, 0.1) is 0 Å². The van der Waals surface area contributed by atoms with Crippen LogP contribution in [0.3, 0.4) is 0 Å². The average Bonchev–Trinajstić information content (AvgIpc) is 3.61. The van der Waals surface area contributed by atoms with Crippen LogP contribution in [0.2, 0.25) is 0 Å². The normalized spacial score (nSPS) is 14.1. The molecule has 8 aromatic carbocycles. The van der Waals surface area contributed by atoms with E-state index in [4.69, 9.17) is 0 Å². The molecule has 264 valence electrons. The summed E-state index contributed by atoms with van der Waals surface area (Å²) in [6.07, 6.45) is 0. The van der Waals surface area contributed by atoms with Crippen LogP contribution in [0.1, 0.15) is 49.9 Å². The molecule has 55 heavy (non-hydrogen) atoms. The number of hydrogen-bond acceptors (Lipinski definition) is 1. The second kappa shape index (κ2) is 12.6. The van der Waals surface area contributed by atoms with Crippen LogP contribution in [0.15, 0.2) is 188 Å². The molecule has 0 unspecified atom stereocenters. The van der Waals surface area contributed by atoms with Gasteiger partial charge in [0.1, 0.15) is 0 Å². The molecule has 0 aliphatic heterocycles. The van der Waals surface area contributed by atoms with E-state index in [9.17, 15) is 0 Å². The van der Waals surface area contributed by atoms with Crippen molar-refractivity contribution in [2.75, 3.05) is 4.90 Å². The van der Waals surface area contributed by atoms with Crippen LogP contribution in [0.4, 0.5) is 17.1 Å². The number of hydrogen-bond donors (Lipinski definition) is 0. The maximum absolute atomic E-state index is 2.48. The highest BCUT2D eigenvalue weighted by molar-refractivity contribution is 5.94. The molecule has 0 heterocycles. The van der Waals surface area contributed by atoms with Gasteiger partial charge in [-0.25, -0.2) is 0 Å². The van der Waals surface area contributed by atoms with Gasteiger partial charge in [0.25, 0.3) is 0 Å². The zero-order valence-electron chi connectivity index (χ0n) is 31.8. The summed E-state index contributed by atoms with van der Waals surface area (Å²) < 4.78 is 0. The third-order valence-electron chi connectivity index (χ3n) is 12.3. The Morgan fingerprint density at radius 1 is 0.291 bits per heavy atom. The van der Waals surface area contributed by atoms with Crippen molar-refractivity contribution in [3.8, 4) is 55.6 Å². The van der Waals surface area contributed by atoms with E-state index < -0.39 is 0 Å². The largest absolute Gasteiger partial charge is 0.310 e. The molecule has 2 aliphatic rings. The third-order valence-corrected chi connectivity index (χ3v) is 12.3. The molecule has 0 fully saturated rings. The molecule has 8 aromatic rings. The van der Waals surface area contributed by atoms with Crippen LogP contribution in [-0.4, -0.2) is 0 Å². The maximum Gasteiger partial charge on any atom is 0.0540 e. The molecule has 0 saturated heterocycles. The minimum atomic E-state index is -0.120. The molecular weight excluding hydrogens is 663 g/mol. The van der Waals surface area contributed by atoms with E-state index >= 15 is 0 Å². The zero-order valence-corrected chi connectivity index (χ0v) is 31.8. The zero-order chi connectivity index (χ0) is 37.3. The fourth-order valence-corrected chi connectivity index (χ4v) is 9.34. The van der Waals surface area contributed by atoms with Gasteiger partial charge in [0.05, 0.1) is 5.69 Å². The molecule has 2 aliphatic carbocycles. The van der Waals surface area contributed by atoms with Crippen LogP contribution >= 0.6 is 0 Å². The molecule has 1 heteroatoms. The molecule has 0 atom stereocenters. The Balaban J connectivity index is 1.20. The van der Waals surface area contributed by atoms with E-state index in [1.165, 1.54) is 77.9 Å². The predicted molar refractivity (Wildman–Crippen MR) is 233 cm³/mol. The lowest BCUT2D eigenvalue weighted by Gasteiger charge is -2.30. The van der Waals surface area contributed by atoms with E-state index in [2.05, 4.69) is 221 Å². The smallest absolute Gasteiger partial charge is 0.0540 e. The van der Waals surface area contributed by atoms with Gasteiger partial charge in [0.2, 0.25) is 0 Å². The van der Waals surface area contributed by atoms with E-state index in [0.717, 1.165) is 17.1 Å². The van der Waals surface area contributed by atoms with Crippen molar-refractivity contribution >= 4 is 17.1 Å². The fourth-order valence-electron chi connectivity index (χ4n) is 9.34. The van der Waals surface area contributed by atoms with Gasteiger partial charge in [-0.3, -0.25) is 0 Å². The standard InChI is InChI=1S/C54H43N/c1-53(2)48-21-13-11-19-43(48)45-30-25-40(34-50(45)53)47-33-39(37-17-9-6-10-18-37)26-32-52(47)55(41-27-23-38(24-28-41)36-15-7-5-8-16-36)42-29-31-46-44-20-12-14-22-49(44)54(3,4)51(46)35-42/h5-35H,1-4H3. The van der Waals surface area contributed by atoms with Crippen LogP contribution < -0.4 is 4.90 Å². The Morgan fingerprint density at radius 3 is 1.35 bits per heavy atom.